The summed E-state index contributed by atoms with van der Waals surface area (Å²) >= 11 is 7.55. The van der Waals surface area contributed by atoms with E-state index in [-0.39, 0.29) is 30.0 Å². The van der Waals surface area contributed by atoms with Gasteiger partial charge in [0.15, 0.2) is 0 Å². The van der Waals surface area contributed by atoms with Crippen LogP contribution < -0.4 is 16.0 Å². The number of hydrogen-bond acceptors (Lipinski definition) is 6. The molecule has 4 N–H and O–H groups in total. The van der Waals surface area contributed by atoms with E-state index in [1.165, 1.54) is 6.07 Å². The third kappa shape index (κ3) is 7.81. The highest BCUT2D eigenvalue weighted by Crippen LogP contribution is 2.41. The molecular formula is C33H42ClF3N6O4S. The SMILES string of the molecule is O=C(N[C@H](Cc1cc(Cl)c(O)c(C(F)(F)F)c1)C(=O)N1CCC(C2CCNCC2)CC1)N1CCC(N2CCc3cscc3NC2=O)CC1. The zero-order chi connectivity index (χ0) is 34.0. The monoisotopic (exact) mass is 710 g/mol. The lowest BCUT2D eigenvalue weighted by Crippen LogP contribution is -2.57. The van der Waals surface area contributed by atoms with Gasteiger partial charge in [0, 0.05) is 50.6 Å². The molecule has 0 aliphatic carbocycles. The Bertz CT molecular complexity index is 1490. The van der Waals surface area contributed by atoms with Crippen molar-refractivity contribution in [2.75, 3.05) is 51.1 Å². The lowest BCUT2D eigenvalue weighted by Gasteiger charge is -2.40. The third-order valence-electron chi connectivity index (χ3n) is 10.4. The molecular weight excluding hydrogens is 669 g/mol. The van der Waals surface area contributed by atoms with Crippen molar-refractivity contribution >= 4 is 46.6 Å². The van der Waals surface area contributed by atoms with Crippen molar-refractivity contribution in [1.29, 1.82) is 0 Å². The Kier molecular flexibility index (Phi) is 10.6. The quantitative estimate of drug-likeness (QED) is 0.314. The molecule has 0 radical (unpaired) electrons. The van der Waals surface area contributed by atoms with Gasteiger partial charge in [-0.15, -0.1) is 11.3 Å². The summed E-state index contributed by atoms with van der Waals surface area (Å²) in [7, 11) is 0. The van der Waals surface area contributed by atoms with Gasteiger partial charge in [-0.3, -0.25) is 4.79 Å². The standard InChI is InChI=1S/C33H42ClF3N6O4S/c34-26-16-20(15-25(29(26)44)33(35,36)37)17-27(30(45)41-10-3-22(4-11-41)21-1-8-38-9-2-21)39-31(46)42-12-6-24(7-13-42)43-14-5-23-18-48-19-28(23)40-32(43)47/h15-16,18-19,21-22,24,27,38,44H,1-14,17H2,(H,39,46)(H,40,47)/t27-/m1/s1. The number of phenolic OH excluding ortho intramolecular Hbond substituents is 1. The number of halogens is 4. The number of fused-ring (bicyclic) bond motifs is 1. The van der Waals surface area contributed by atoms with Gasteiger partial charge in [-0.05, 0) is 98.5 Å². The summed E-state index contributed by atoms with van der Waals surface area (Å²) in [5.74, 6) is -0.311. The van der Waals surface area contributed by atoms with Crippen molar-refractivity contribution < 1.29 is 32.7 Å². The molecule has 0 unspecified atom stereocenters. The fourth-order valence-corrected chi connectivity index (χ4v) is 8.74. The number of piperidine rings is 3. The second-order valence-corrected chi connectivity index (χ2v) is 14.5. The van der Waals surface area contributed by atoms with Gasteiger partial charge in [0.25, 0.3) is 0 Å². The van der Waals surface area contributed by atoms with Crippen LogP contribution in [0.3, 0.4) is 0 Å². The average molecular weight is 711 g/mol. The van der Waals surface area contributed by atoms with Crippen molar-refractivity contribution in [3.8, 4) is 5.75 Å². The van der Waals surface area contributed by atoms with Crippen molar-refractivity contribution in [3.63, 3.8) is 0 Å². The van der Waals surface area contributed by atoms with Crippen LogP contribution >= 0.6 is 22.9 Å². The van der Waals surface area contributed by atoms with Gasteiger partial charge in [0.1, 0.15) is 11.8 Å². The van der Waals surface area contributed by atoms with Gasteiger partial charge in [-0.25, -0.2) is 9.59 Å². The number of alkyl halides is 3. The van der Waals surface area contributed by atoms with Crippen LogP contribution in [0, 0.1) is 11.8 Å². The summed E-state index contributed by atoms with van der Waals surface area (Å²) in [6, 6.07) is 0.157. The highest BCUT2D eigenvalue weighted by atomic mass is 35.5. The van der Waals surface area contributed by atoms with Crippen molar-refractivity contribution in [1.82, 2.24) is 25.3 Å². The predicted molar refractivity (Wildman–Crippen MR) is 177 cm³/mol. The summed E-state index contributed by atoms with van der Waals surface area (Å²) in [5, 5.41) is 22.7. The van der Waals surface area contributed by atoms with E-state index in [0.717, 1.165) is 62.5 Å². The number of carbonyl (C=O) groups is 3. The zero-order valence-electron chi connectivity index (χ0n) is 26.7. The molecule has 5 amide bonds. The highest BCUT2D eigenvalue weighted by molar-refractivity contribution is 7.08. The molecule has 5 heterocycles. The van der Waals surface area contributed by atoms with Gasteiger partial charge < -0.3 is 35.8 Å². The van der Waals surface area contributed by atoms with Crippen LogP contribution in [0.15, 0.2) is 22.9 Å². The van der Waals surface area contributed by atoms with Crippen LogP contribution in [0.25, 0.3) is 0 Å². The number of hydrogen-bond donors (Lipinski definition) is 4. The molecule has 15 heteroatoms. The summed E-state index contributed by atoms with van der Waals surface area (Å²) in [5.41, 5.74) is 0.733. The molecule has 0 bridgehead atoms. The molecule has 1 aromatic heterocycles. The van der Waals surface area contributed by atoms with Gasteiger partial charge in [0.05, 0.1) is 16.3 Å². The maximum absolute atomic E-state index is 14.0. The largest absolute Gasteiger partial charge is 0.506 e. The summed E-state index contributed by atoms with van der Waals surface area (Å²) in [4.78, 5) is 45.7. The molecule has 262 valence electrons. The van der Waals surface area contributed by atoms with E-state index in [1.807, 2.05) is 15.7 Å². The molecule has 10 nitrogen and oxygen atoms in total. The minimum absolute atomic E-state index is 0.0553. The van der Waals surface area contributed by atoms with Gasteiger partial charge in [-0.2, -0.15) is 13.2 Å². The van der Waals surface area contributed by atoms with Gasteiger partial charge >= 0.3 is 18.2 Å². The highest BCUT2D eigenvalue weighted by Gasteiger charge is 2.38. The normalized spacial score (nSPS) is 21.0. The number of urea groups is 2. The number of carbonyl (C=O) groups excluding carboxylic acids is 3. The first-order valence-electron chi connectivity index (χ1n) is 16.7. The number of thiophene rings is 1. The Labute approximate surface area is 287 Å². The molecule has 6 rings (SSSR count). The lowest BCUT2D eigenvalue weighted by molar-refractivity contribution is -0.138. The second-order valence-electron chi connectivity index (χ2n) is 13.3. The fraction of sp³-hybridized carbons (Fsp3) is 0.606. The Morgan fingerprint density at radius 3 is 2.33 bits per heavy atom. The number of likely N-dealkylation sites (tertiary alicyclic amines) is 2. The van der Waals surface area contributed by atoms with E-state index in [4.69, 9.17) is 11.6 Å². The van der Waals surface area contributed by atoms with Crippen LogP contribution in [0.1, 0.15) is 55.2 Å². The first-order chi connectivity index (χ1) is 23.0. The number of nitrogens with zero attached hydrogens (tertiary/aromatic N) is 3. The first kappa shape index (κ1) is 34.6. The van der Waals surface area contributed by atoms with Gasteiger partial charge in [0.2, 0.25) is 5.91 Å². The number of aromatic hydroxyl groups is 1. The molecule has 1 aromatic carbocycles. The zero-order valence-corrected chi connectivity index (χ0v) is 28.2. The summed E-state index contributed by atoms with van der Waals surface area (Å²) in [6.45, 7) is 4.29. The minimum atomic E-state index is -4.86. The number of nitrogens with one attached hydrogen (secondary N) is 3. The lowest BCUT2D eigenvalue weighted by atomic mass is 9.79. The number of anilines is 1. The van der Waals surface area contributed by atoms with Crippen molar-refractivity contribution in [2.45, 2.75) is 69.6 Å². The molecule has 0 spiro atoms. The fourth-order valence-electron chi connectivity index (χ4n) is 7.68. The molecule has 4 aliphatic rings. The number of phenols is 1. The Balaban J connectivity index is 1.12. The van der Waals surface area contributed by atoms with Crippen LogP contribution in [-0.2, 0) is 23.8 Å². The topological polar surface area (TPSA) is 117 Å². The van der Waals surface area contributed by atoms with E-state index in [1.54, 1.807) is 21.1 Å². The van der Waals surface area contributed by atoms with E-state index in [0.29, 0.717) is 57.4 Å². The molecule has 3 saturated heterocycles. The smallest absolute Gasteiger partial charge is 0.420 e. The number of rotatable bonds is 6. The Hall–Kier alpha value is -3.23. The van der Waals surface area contributed by atoms with Gasteiger partial charge in [-0.1, -0.05) is 11.6 Å². The number of benzene rings is 1. The first-order valence-corrected chi connectivity index (χ1v) is 18.1. The van der Waals surface area contributed by atoms with Crippen molar-refractivity contribution in [3.05, 3.63) is 44.6 Å². The molecule has 48 heavy (non-hydrogen) atoms. The van der Waals surface area contributed by atoms with Crippen molar-refractivity contribution in [2.24, 2.45) is 11.8 Å². The maximum atomic E-state index is 14.0. The molecule has 0 saturated carbocycles. The van der Waals surface area contributed by atoms with Crippen LogP contribution in [0.2, 0.25) is 5.02 Å². The average Bonchev–Trinajstić information content (AvgIpc) is 3.45. The molecule has 2 aromatic rings. The molecule has 4 aliphatic heterocycles. The van der Waals surface area contributed by atoms with Crippen LogP contribution in [0.5, 0.6) is 5.75 Å². The second kappa shape index (κ2) is 14.7. The van der Waals surface area contributed by atoms with Crippen LogP contribution in [-0.4, -0.2) is 95.7 Å². The van der Waals surface area contributed by atoms with E-state index < -0.39 is 34.6 Å². The Morgan fingerprint density at radius 2 is 1.65 bits per heavy atom. The maximum Gasteiger partial charge on any atom is 0.420 e. The third-order valence-corrected chi connectivity index (χ3v) is 11.5. The van der Waals surface area contributed by atoms with E-state index in [9.17, 15) is 32.7 Å². The molecule has 1 atom stereocenters. The van der Waals surface area contributed by atoms with E-state index in [2.05, 4.69) is 16.0 Å². The van der Waals surface area contributed by atoms with E-state index >= 15 is 0 Å². The number of amides is 5. The predicted octanol–water partition coefficient (Wildman–Crippen LogP) is 5.54. The minimum Gasteiger partial charge on any atom is -0.506 e. The van der Waals surface area contributed by atoms with Crippen LogP contribution in [0.4, 0.5) is 28.4 Å². The Morgan fingerprint density at radius 1 is 0.979 bits per heavy atom. The summed E-state index contributed by atoms with van der Waals surface area (Å²) in [6.07, 6.45) is 0.659. The molecule has 3 fully saturated rings. The summed E-state index contributed by atoms with van der Waals surface area (Å²) < 4.78 is 41.1.